The molecule has 0 radical (unpaired) electrons. The summed E-state index contributed by atoms with van der Waals surface area (Å²) in [7, 11) is 2.02. The second-order valence-electron chi connectivity index (χ2n) is 5.30. The van der Waals surface area contributed by atoms with Crippen molar-refractivity contribution in [3.8, 4) is 0 Å². The van der Waals surface area contributed by atoms with Crippen molar-refractivity contribution in [3.05, 3.63) is 12.1 Å². The summed E-state index contributed by atoms with van der Waals surface area (Å²) in [5.41, 5.74) is 12.1. The highest BCUT2D eigenvalue weighted by Gasteiger charge is 2.24. The van der Waals surface area contributed by atoms with E-state index < -0.39 is 0 Å². The third-order valence-electron chi connectivity index (χ3n) is 3.14. The zero-order valence-corrected chi connectivity index (χ0v) is 10.8. The molecule has 1 rings (SSSR count). The van der Waals surface area contributed by atoms with Gasteiger partial charge in [-0.2, -0.15) is 0 Å². The van der Waals surface area contributed by atoms with E-state index in [4.69, 9.17) is 11.5 Å². The number of nitrogens with zero attached hydrogens (tertiary/aromatic N) is 2. The molecule has 1 aromatic heterocycles. The third kappa shape index (κ3) is 2.56. The van der Waals surface area contributed by atoms with Gasteiger partial charge in [0.2, 0.25) is 0 Å². The van der Waals surface area contributed by atoms with Crippen LogP contribution in [0.15, 0.2) is 12.1 Å². The van der Waals surface area contributed by atoms with Gasteiger partial charge in [-0.25, -0.2) is 4.98 Å². The average molecular weight is 222 g/mol. The SMILES string of the molecule is CC(N(C)c1ccc(N)c(N)n1)C(C)(C)C. The van der Waals surface area contributed by atoms with Gasteiger partial charge in [0.1, 0.15) is 11.6 Å². The topological polar surface area (TPSA) is 68.2 Å². The normalized spacial score (nSPS) is 13.6. The molecule has 0 saturated heterocycles. The van der Waals surface area contributed by atoms with Gasteiger partial charge in [-0.1, -0.05) is 20.8 Å². The van der Waals surface area contributed by atoms with Crippen molar-refractivity contribution in [2.24, 2.45) is 5.41 Å². The van der Waals surface area contributed by atoms with Crippen LogP contribution in [0.2, 0.25) is 0 Å². The molecule has 0 amide bonds. The van der Waals surface area contributed by atoms with E-state index in [1.165, 1.54) is 0 Å². The van der Waals surface area contributed by atoms with Crippen LogP contribution >= 0.6 is 0 Å². The lowest BCUT2D eigenvalue weighted by Gasteiger charge is -2.36. The monoisotopic (exact) mass is 222 g/mol. The molecule has 1 heterocycles. The second kappa shape index (κ2) is 4.20. The molecular formula is C12H22N4. The fourth-order valence-corrected chi connectivity index (χ4v) is 1.45. The minimum Gasteiger partial charge on any atom is -0.396 e. The maximum atomic E-state index is 5.70. The van der Waals surface area contributed by atoms with Gasteiger partial charge in [0, 0.05) is 13.1 Å². The van der Waals surface area contributed by atoms with Crippen LogP contribution < -0.4 is 16.4 Å². The molecule has 16 heavy (non-hydrogen) atoms. The minimum absolute atomic E-state index is 0.187. The van der Waals surface area contributed by atoms with Crippen LogP contribution in [0.25, 0.3) is 0 Å². The van der Waals surface area contributed by atoms with Gasteiger partial charge in [-0.3, -0.25) is 0 Å². The standard InChI is InChI=1S/C12H22N4/c1-8(12(2,3)4)16(5)10-7-6-9(13)11(14)15-10/h6-8H,13H2,1-5H3,(H2,14,15). The minimum atomic E-state index is 0.187. The summed E-state index contributed by atoms with van der Waals surface area (Å²) in [4.78, 5) is 6.41. The molecule has 1 aromatic rings. The molecule has 0 aliphatic rings. The summed E-state index contributed by atoms with van der Waals surface area (Å²) in [6.45, 7) is 8.78. The van der Waals surface area contributed by atoms with E-state index in [2.05, 4.69) is 37.6 Å². The molecular weight excluding hydrogens is 200 g/mol. The number of nitrogens with two attached hydrogens (primary N) is 2. The van der Waals surface area contributed by atoms with Gasteiger partial charge in [-0.15, -0.1) is 0 Å². The maximum absolute atomic E-state index is 5.70. The van der Waals surface area contributed by atoms with Crippen molar-refractivity contribution in [1.29, 1.82) is 0 Å². The molecule has 0 aliphatic heterocycles. The molecule has 0 bridgehead atoms. The summed E-state index contributed by atoms with van der Waals surface area (Å²) in [6.07, 6.45) is 0. The van der Waals surface area contributed by atoms with Crippen molar-refractivity contribution < 1.29 is 0 Å². The lowest BCUT2D eigenvalue weighted by molar-refractivity contribution is 0.328. The van der Waals surface area contributed by atoms with E-state index in [0.29, 0.717) is 17.5 Å². The smallest absolute Gasteiger partial charge is 0.149 e. The van der Waals surface area contributed by atoms with Gasteiger partial charge in [-0.05, 0) is 24.5 Å². The first-order valence-electron chi connectivity index (χ1n) is 5.48. The highest BCUT2D eigenvalue weighted by Crippen LogP contribution is 2.27. The van der Waals surface area contributed by atoms with E-state index in [1.54, 1.807) is 6.07 Å². The zero-order chi connectivity index (χ0) is 12.5. The van der Waals surface area contributed by atoms with Crippen molar-refractivity contribution in [3.63, 3.8) is 0 Å². The van der Waals surface area contributed by atoms with Gasteiger partial charge < -0.3 is 16.4 Å². The first kappa shape index (κ1) is 12.6. The molecule has 0 saturated carbocycles. The number of nitrogen functional groups attached to an aromatic ring is 2. The molecule has 0 aromatic carbocycles. The van der Waals surface area contributed by atoms with Crippen molar-refractivity contribution in [2.45, 2.75) is 33.7 Å². The van der Waals surface area contributed by atoms with E-state index in [9.17, 15) is 0 Å². The highest BCUT2D eigenvalue weighted by molar-refractivity contribution is 5.62. The summed E-state index contributed by atoms with van der Waals surface area (Å²) < 4.78 is 0. The Bertz CT molecular complexity index is 368. The lowest BCUT2D eigenvalue weighted by atomic mass is 9.87. The van der Waals surface area contributed by atoms with Crippen LogP contribution in [-0.4, -0.2) is 18.1 Å². The molecule has 1 unspecified atom stereocenters. The second-order valence-corrected chi connectivity index (χ2v) is 5.30. The highest BCUT2D eigenvalue weighted by atomic mass is 15.2. The molecule has 0 aliphatic carbocycles. The van der Waals surface area contributed by atoms with E-state index in [0.717, 1.165) is 5.82 Å². The molecule has 0 spiro atoms. The number of hydrogen-bond acceptors (Lipinski definition) is 4. The Hall–Kier alpha value is -1.45. The first-order valence-corrected chi connectivity index (χ1v) is 5.48. The number of hydrogen-bond donors (Lipinski definition) is 2. The molecule has 4 nitrogen and oxygen atoms in total. The van der Waals surface area contributed by atoms with Crippen molar-refractivity contribution >= 4 is 17.3 Å². The Morgan fingerprint density at radius 2 is 1.81 bits per heavy atom. The van der Waals surface area contributed by atoms with Gasteiger partial charge >= 0.3 is 0 Å². The Morgan fingerprint density at radius 1 is 1.25 bits per heavy atom. The molecule has 4 N–H and O–H groups in total. The number of pyridine rings is 1. The van der Waals surface area contributed by atoms with Crippen LogP contribution in [-0.2, 0) is 0 Å². The van der Waals surface area contributed by atoms with E-state index >= 15 is 0 Å². The average Bonchev–Trinajstić information content (AvgIpc) is 2.18. The van der Waals surface area contributed by atoms with E-state index in [1.807, 2.05) is 13.1 Å². The van der Waals surface area contributed by atoms with Crippen LogP contribution in [0.4, 0.5) is 17.3 Å². The fraction of sp³-hybridized carbons (Fsp3) is 0.583. The maximum Gasteiger partial charge on any atom is 0.149 e. The summed E-state index contributed by atoms with van der Waals surface area (Å²) >= 11 is 0. The van der Waals surface area contributed by atoms with Gasteiger partial charge in [0.15, 0.2) is 0 Å². The Morgan fingerprint density at radius 3 is 2.25 bits per heavy atom. The summed E-state index contributed by atoms with van der Waals surface area (Å²) in [6, 6.07) is 4.06. The number of rotatable bonds is 2. The largest absolute Gasteiger partial charge is 0.396 e. The molecule has 90 valence electrons. The summed E-state index contributed by atoms with van der Waals surface area (Å²) in [5.74, 6) is 1.25. The van der Waals surface area contributed by atoms with E-state index in [-0.39, 0.29) is 5.41 Å². The first-order chi connectivity index (χ1) is 7.23. The van der Waals surface area contributed by atoms with Crippen LogP contribution in [0.3, 0.4) is 0 Å². The van der Waals surface area contributed by atoms with Gasteiger partial charge in [0.25, 0.3) is 0 Å². The molecule has 4 heteroatoms. The van der Waals surface area contributed by atoms with Crippen LogP contribution in [0.5, 0.6) is 0 Å². The predicted molar refractivity (Wildman–Crippen MR) is 70.4 cm³/mol. The Labute approximate surface area is 97.6 Å². The number of aromatic nitrogens is 1. The number of anilines is 3. The summed E-state index contributed by atoms with van der Waals surface area (Å²) in [5, 5.41) is 0. The molecule has 0 fully saturated rings. The third-order valence-corrected chi connectivity index (χ3v) is 3.14. The Balaban J connectivity index is 2.97. The van der Waals surface area contributed by atoms with Crippen molar-refractivity contribution in [1.82, 2.24) is 4.98 Å². The van der Waals surface area contributed by atoms with Crippen LogP contribution in [0.1, 0.15) is 27.7 Å². The quantitative estimate of drug-likeness (QED) is 0.804. The Kier molecular flexibility index (Phi) is 3.31. The van der Waals surface area contributed by atoms with Crippen molar-refractivity contribution in [2.75, 3.05) is 23.4 Å². The molecule has 1 atom stereocenters. The lowest BCUT2D eigenvalue weighted by Crippen LogP contribution is -2.39. The van der Waals surface area contributed by atoms with Gasteiger partial charge in [0.05, 0.1) is 5.69 Å². The fourth-order valence-electron chi connectivity index (χ4n) is 1.45. The van der Waals surface area contributed by atoms with Crippen LogP contribution in [0, 0.1) is 5.41 Å². The zero-order valence-electron chi connectivity index (χ0n) is 10.8. The predicted octanol–water partition coefficient (Wildman–Crippen LogP) is 2.12.